The van der Waals surface area contributed by atoms with Gasteiger partial charge < -0.3 is 0 Å². The molecule has 0 spiro atoms. The highest BCUT2D eigenvalue weighted by Crippen LogP contribution is 2.00. The van der Waals surface area contributed by atoms with Crippen molar-refractivity contribution in [1.29, 1.82) is 0 Å². The van der Waals surface area contributed by atoms with Crippen LogP contribution in [0.5, 0.6) is 0 Å². The van der Waals surface area contributed by atoms with Crippen LogP contribution in [0.25, 0.3) is 0 Å². The second-order valence-electron chi connectivity index (χ2n) is 2.24. The topological polar surface area (TPSA) is 20.3 Å². The van der Waals surface area contributed by atoms with Crippen molar-refractivity contribution in [3.8, 4) is 0 Å². The van der Waals surface area contributed by atoms with Crippen molar-refractivity contribution in [1.82, 2.24) is 4.90 Å². The molecule has 0 bridgehead atoms. The van der Waals surface area contributed by atoms with Crippen LogP contribution in [-0.4, -0.2) is 29.1 Å². The quantitative estimate of drug-likeness (QED) is 0.625. The van der Waals surface area contributed by atoms with Crippen LogP contribution in [0.2, 0.25) is 0 Å². The number of thiol groups is 1. The molecular weight excluding hydrogens is 146 g/mol. The van der Waals surface area contributed by atoms with Gasteiger partial charge in [-0.1, -0.05) is 13.8 Å². The van der Waals surface area contributed by atoms with Crippen LogP contribution in [0.15, 0.2) is 0 Å². The Morgan fingerprint density at radius 2 is 1.90 bits per heavy atom. The summed E-state index contributed by atoms with van der Waals surface area (Å²) < 4.78 is 0. The fourth-order valence-corrected chi connectivity index (χ4v) is 1.09. The van der Waals surface area contributed by atoms with Crippen molar-refractivity contribution in [3.05, 3.63) is 0 Å². The minimum Gasteiger partial charge on any atom is -0.294 e. The van der Waals surface area contributed by atoms with Crippen LogP contribution >= 0.6 is 12.6 Å². The lowest BCUT2D eigenvalue weighted by molar-refractivity contribution is -0.114. The standard InChI is InChI=1S/C7H15NOS/c1-4-8(5-2)6(3)7(9)10/h6H,4-5H2,1-3H3,(H,9,10)/t6-/m0/s1. The first-order chi connectivity index (χ1) is 4.63. The Balaban J connectivity index is 3.88. The van der Waals surface area contributed by atoms with Crippen LogP contribution in [0.4, 0.5) is 0 Å². The highest BCUT2D eigenvalue weighted by atomic mass is 32.1. The Kier molecular flexibility index (Phi) is 4.73. The fourth-order valence-electron chi connectivity index (χ4n) is 0.928. The molecule has 0 amide bonds. The first kappa shape index (κ1) is 9.98. The molecule has 0 radical (unpaired) electrons. The lowest BCUT2D eigenvalue weighted by atomic mass is 10.3. The second kappa shape index (κ2) is 4.74. The Bertz CT molecular complexity index is 112. The highest BCUT2D eigenvalue weighted by Gasteiger charge is 2.14. The Morgan fingerprint density at radius 1 is 1.50 bits per heavy atom. The van der Waals surface area contributed by atoms with Crippen molar-refractivity contribution in [2.75, 3.05) is 13.1 Å². The van der Waals surface area contributed by atoms with Gasteiger partial charge in [0.25, 0.3) is 0 Å². The Labute approximate surface area is 68.0 Å². The number of likely N-dealkylation sites (N-methyl/N-ethyl adjacent to an activating group) is 1. The van der Waals surface area contributed by atoms with E-state index in [0.717, 1.165) is 13.1 Å². The largest absolute Gasteiger partial charge is 0.294 e. The maximum absolute atomic E-state index is 10.7. The predicted molar refractivity (Wildman–Crippen MR) is 46.4 cm³/mol. The van der Waals surface area contributed by atoms with Gasteiger partial charge in [0.2, 0.25) is 5.12 Å². The summed E-state index contributed by atoms with van der Waals surface area (Å²) in [6, 6.07) is -0.0432. The molecule has 10 heavy (non-hydrogen) atoms. The predicted octanol–water partition coefficient (Wildman–Crippen LogP) is 1.17. The van der Waals surface area contributed by atoms with E-state index in [1.54, 1.807) is 0 Å². The van der Waals surface area contributed by atoms with E-state index in [1.807, 2.05) is 20.8 Å². The van der Waals surface area contributed by atoms with E-state index in [-0.39, 0.29) is 11.2 Å². The molecule has 0 unspecified atom stereocenters. The van der Waals surface area contributed by atoms with Crippen molar-refractivity contribution in [2.45, 2.75) is 26.8 Å². The Morgan fingerprint density at radius 3 is 2.00 bits per heavy atom. The number of rotatable bonds is 4. The summed E-state index contributed by atoms with van der Waals surface area (Å²) in [7, 11) is 0. The number of hydrogen-bond acceptors (Lipinski definition) is 2. The molecule has 0 aromatic rings. The molecule has 0 aromatic carbocycles. The monoisotopic (exact) mass is 161 g/mol. The van der Waals surface area contributed by atoms with E-state index in [9.17, 15) is 4.79 Å². The zero-order chi connectivity index (χ0) is 8.15. The minimum absolute atomic E-state index is 0.0432. The summed E-state index contributed by atoms with van der Waals surface area (Å²) in [5.41, 5.74) is 0. The maximum Gasteiger partial charge on any atom is 0.202 e. The summed E-state index contributed by atoms with van der Waals surface area (Å²) in [5, 5.41) is -0.0521. The van der Waals surface area contributed by atoms with Crippen LogP contribution in [0.3, 0.4) is 0 Å². The molecule has 0 aliphatic carbocycles. The second-order valence-corrected chi connectivity index (χ2v) is 2.68. The summed E-state index contributed by atoms with van der Waals surface area (Å²) in [6.45, 7) is 7.77. The molecule has 0 rings (SSSR count). The van der Waals surface area contributed by atoms with E-state index in [4.69, 9.17) is 0 Å². The molecular formula is C7H15NOS. The van der Waals surface area contributed by atoms with Crippen LogP contribution in [0.1, 0.15) is 20.8 Å². The third-order valence-electron chi connectivity index (χ3n) is 1.72. The lowest BCUT2D eigenvalue weighted by Gasteiger charge is -2.22. The maximum atomic E-state index is 10.7. The molecule has 1 atom stereocenters. The van der Waals surface area contributed by atoms with Gasteiger partial charge in [0, 0.05) is 0 Å². The molecule has 0 heterocycles. The number of carbonyl (C=O) groups is 1. The zero-order valence-corrected chi connectivity index (χ0v) is 7.69. The van der Waals surface area contributed by atoms with Gasteiger partial charge in [0.05, 0.1) is 6.04 Å². The van der Waals surface area contributed by atoms with Gasteiger partial charge in [0.15, 0.2) is 0 Å². The molecule has 0 saturated carbocycles. The van der Waals surface area contributed by atoms with Gasteiger partial charge in [-0.15, -0.1) is 12.6 Å². The van der Waals surface area contributed by atoms with E-state index in [2.05, 4.69) is 17.5 Å². The first-order valence-electron chi connectivity index (χ1n) is 3.60. The first-order valence-corrected chi connectivity index (χ1v) is 4.05. The van der Waals surface area contributed by atoms with E-state index in [1.165, 1.54) is 0 Å². The van der Waals surface area contributed by atoms with Crippen LogP contribution < -0.4 is 0 Å². The molecule has 3 heteroatoms. The van der Waals surface area contributed by atoms with Crippen LogP contribution in [0, 0.1) is 0 Å². The van der Waals surface area contributed by atoms with E-state index < -0.39 is 0 Å². The number of nitrogens with zero attached hydrogens (tertiary/aromatic N) is 1. The van der Waals surface area contributed by atoms with Crippen molar-refractivity contribution in [2.24, 2.45) is 0 Å². The zero-order valence-electron chi connectivity index (χ0n) is 6.79. The molecule has 0 saturated heterocycles. The Hall–Kier alpha value is -0.0200. The molecule has 0 fully saturated rings. The average molecular weight is 161 g/mol. The van der Waals surface area contributed by atoms with Gasteiger partial charge >= 0.3 is 0 Å². The van der Waals surface area contributed by atoms with E-state index in [0.29, 0.717) is 0 Å². The highest BCUT2D eigenvalue weighted by molar-refractivity contribution is 7.96. The number of hydrogen-bond donors (Lipinski definition) is 1. The fraction of sp³-hybridized carbons (Fsp3) is 0.857. The molecule has 0 N–H and O–H groups in total. The minimum atomic E-state index is -0.0521. The van der Waals surface area contributed by atoms with Crippen molar-refractivity contribution >= 4 is 17.7 Å². The molecule has 0 aliphatic heterocycles. The number of carbonyl (C=O) groups excluding carboxylic acids is 1. The van der Waals surface area contributed by atoms with Gasteiger partial charge in [-0.25, -0.2) is 0 Å². The SMILES string of the molecule is CCN(CC)[C@@H](C)C(=O)S. The van der Waals surface area contributed by atoms with Crippen molar-refractivity contribution in [3.63, 3.8) is 0 Å². The summed E-state index contributed by atoms with van der Waals surface area (Å²) >= 11 is 3.76. The lowest BCUT2D eigenvalue weighted by Crippen LogP contribution is -2.36. The van der Waals surface area contributed by atoms with Crippen LogP contribution in [-0.2, 0) is 4.79 Å². The van der Waals surface area contributed by atoms with Crippen molar-refractivity contribution < 1.29 is 4.79 Å². The van der Waals surface area contributed by atoms with Gasteiger partial charge in [0.1, 0.15) is 0 Å². The third-order valence-corrected chi connectivity index (χ3v) is 2.09. The molecule has 0 aromatic heterocycles. The summed E-state index contributed by atoms with van der Waals surface area (Å²) in [4.78, 5) is 12.8. The van der Waals surface area contributed by atoms with Gasteiger partial charge in [-0.3, -0.25) is 9.69 Å². The van der Waals surface area contributed by atoms with E-state index >= 15 is 0 Å². The van der Waals surface area contributed by atoms with Gasteiger partial charge in [-0.2, -0.15) is 0 Å². The summed E-state index contributed by atoms with van der Waals surface area (Å²) in [6.07, 6.45) is 0. The normalized spacial score (nSPS) is 13.7. The molecule has 2 nitrogen and oxygen atoms in total. The molecule has 60 valence electrons. The third kappa shape index (κ3) is 2.71. The average Bonchev–Trinajstić information content (AvgIpc) is 1.90. The van der Waals surface area contributed by atoms with Gasteiger partial charge in [-0.05, 0) is 20.0 Å². The summed E-state index contributed by atoms with van der Waals surface area (Å²) in [5.74, 6) is 0. The molecule has 0 aliphatic rings. The smallest absolute Gasteiger partial charge is 0.202 e.